The van der Waals surface area contributed by atoms with E-state index in [2.05, 4.69) is 9.88 Å². The van der Waals surface area contributed by atoms with Crippen LogP contribution in [0.25, 0.3) is 10.9 Å². The maximum atomic E-state index is 12.6. The van der Waals surface area contributed by atoms with Gasteiger partial charge in [-0.25, -0.2) is 0 Å². The molecule has 4 rings (SSSR count). The number of carbonyl (C=O) groups is 1. The summed E-state index contributed by atoms with van der Waals surface area (Å²) in [5.74, 6) is 0.107. The smallest absolute Gasteiger partial charge is 0.227 e. The first-order valence-electron chi connectivity index (χ1n) is 8.47. The van der Waals surface area contributed by atoms with Crippen molar-refractivity contribution in [2.24, 2.45) is 0 Å². The average Bonchev–Trinajstić information content (AvgIpc) is 3.27. The molecular formula is C18H23N3O2. The van der Waals surface area contributed by atoms with Gasteiger partial charge in [0, 0.05) is 30.2 Å². The lowest BCUT2D eigenvalue weighted by Crippen LogP contribution is -2.41. The number of benzene rings is 1. The highest BCUT2D eigenvalue weighted by atomic mass is 16.3. The molecule has 0 aliphatic carbocycles. The molecule has 2 fully saturated rings. The van der Waals surface area contributed by atoms with Crippen molar-refractivity contribution in [1.82, 2.24) is 14.8 Å². The molecule has 5 nitrogen and oxygen atoms in total. The van der Waals surface area contributed by atoms with Gasteiger partial charge in [-0.2, -0.15) is 0 Å². The third-order valence-electron chi connectivity index (χ3n) is 5.24. The number of carbonyl (C=O) groups excluding carboxylic acids is 1. The Hall–Kier alpha value is -1.85. The number of aromatic amines is 1. The van der Waals surface area contributed by atoms with Gasteiger partial charge in [0.05, 0.1) is 18.6 Å². The normalized spacial score (nSPS) is 25.5. The molecule has 3 heterocycles. The van der Waals surface area contributed by atoms with Crippen LogP contribution in [0.5, 0.6) is 0 Å². The Morgan fingerprint density at radius 2 is 2.00 bits per heavy atom. The first-order chi connectivity index (χ1) is 11.2. The van der Waals surface area contributed by atoms with E-state index in [1.807, 2.05) is 35.4 Å². The number of fused-ring (bicyclic) bond motifs is 1. The molecule has 2 aromatic rings. The minimum absolute atomic E-state index is 0.107. The molecule has 0 spiro atoms. The molecule has 23 heavy (non-hydrogen) atoms. The Labute approximate surface area is 135 Å². The Morgan fingerprint density at radius 1 is 1.22 bits per heavy atom. The summed E-state index contributed by atoms with van der Waals surface area (Å²) < 4.78 is 0. The SMILES string of the molecule is O=C(Cc1c[nH]c2ccccc12)N1C[C@@H](O)[C@H](N2CCCC2)C1. The van der Waals surface area contributed by atoms with Gasteiger partial charge in [0.2, 0.25) is 5.91 Å². The number of H-pyrrole nitrogens is 1. The minimum atomic E-state index is -0.417. The van der Waals surface area contributed by atoms with E-state index in [-0.39, 0.29) is 11.9 Å². The standard InChI is InChI=1S/C18H23N3O2/c22-17-12-21(11-16(17)20-7-3-4-8-20)18(23)9-13-10-19-15-6-2-1-5-14(13)15/h1-2,5-6,10,16-17,19,22H,3-4,7-9,11-12H2/t16-,17-/m1/s1. The summed E-state index contributed by atoms with van der Waals surface area (Å²) in [5, 5.41) is 11.4. The lowest BCUT2D eigenvalue weighted by Gasteiger charge is -2.25. The molecule has 0 unspecified atom stereocenters. The summed E-state index contributed by atoms with van der Waals surface area (Å²) in [4.78, 5) is 20.0. The number of aromatic nitrogens is 1. The highest BCUT2D eigenvalue weighted by Gasteiger charge is 2.38. The maximum Gasteiger partial charge on any atom is 0.227 e. The van der Waals surface area contributed by atoms with E-state index in [9.17, 15) is 9.90 Å². The number of nitrogens with one attached hydrogen (secondary N) is 1. The van der Waals surface area contributed by atoms with Crippen molar-refractivity contribution >= 4 is 16.8 Å². The van der Waals surface area contributed by atoms with E-state index >= 15 is 0 Å². The number of para-hydroxylation sites is 1. The second-order valence-corrected chi connectivity index (χ2v) is 6.71. The molecule has 0 saturated carbocycles. The number of amides is 1. The van der Waals surface area contributed by atoms with Crippen LogP contribution in [0.2, 0.25) is 0 Å². The van der Waals surface area contributed by atoms with E-state index in [1.54, 1.807) is 0 Å². The van der Waals surface area contributed by atoms with Crippen molar-refractivity contribution in [3.63, 3.8) is 0 Å². The number of aliphatic hydroxyl groups is 1. The second kappa shape index (κ2) is 5.98. The first kappa shape index (κ1) is 14.7. The monoisotopic (exact) mass is 313 g/mol. The molecular weight excluding hydrogens is 290 g/mol. The Morgan fingerprint density at radius 3 is 2.83 bits per heavy atom. The molecule has 0 radical (unpaired) electrons. The lowest BCUT2D eigenvalue weighted by molar-refractivity contribution is -0.129. The van der Waals surface area contributed by atoms with Crippen molar-refractivity contribution in [1.29, 1.82) is 0 Å². The molecule has 2 atom stereocenters. The van der Waals surface area contributed by atoms with Crippen LogP contribution in [0.15, 0.2) is 30.5 Å². The van der Waals surface area contributed by atoms with Crippen molar-refractivity contribution in [2.75, 3.05) is 26.2 Å². The Balaban J connectivity index is 1.45. The van der Waals surface area contributed by atoms with Crippen molar-refractivity contribution in [3.05, 3.63) is 36.0 Å². The summed E-state index contributed by atoms with van der Waals surface area (Å²) in [6, 6.07) is 8.16. The van der Waals surface area contributed by atoms with Crippen LogP contribution in [-0.2, 0) is 11.2 Å². The number of rotatable bonds is 3. The Kier molecular flexibility index (Phi) is 3.83. The van der Waals surface area contributed by atoms with Crippen LogP contribution >= 0.6 is 0 Å². The third kappa shape index (κ3) is 2.75. The topological polar surface area (TPSA) is 59.6 Å². The minimum Gasteiger partial charge on any atom is -0.390 e. The van der Waals surface area contributed by atoms with Crippen LogP contribution in [-0.4, -0.2) is 64.1 Å². The number of hydrogen-bond donors (Lipinski definition) is 2. The van der Waals surface area contributed by atoms with Crippen molar-refractivity contribution < 1.29 is 9.90 Å². The highest BCUT2D eigenvalue weighted by Crippen LogP contribution is 2.23. The fourth-order valence-electron chi connectivity index (χ4n) is 3.96. The van der Waals surface area contributed by atoms with Crippen molar-refractivity contribution in [3.8, 4) is 0 Å². The zero-order valence-electron chi connectivity index (χ0n) is 13.2. The van der Waals surface area contributed by atoms with E-state index in [0.717, 1.165) is 29.6 Å². The predicted octanol–water partition coefficient (Wildman–Crippen LogP) is 1.38. The first-order valence-corrected chi connectivity index (χ1v) is 8.47. The van der Waals surface area contributed by atoms with Gasteiger partial charge in [0.1, 0.15) is 0 Å². The number of nitrogens with zero attached hydrogens (tertiary/aromatic N) is 2. The summed E-state index contributed by atoms with van der Waals surface area (Å²) in [6.45, 7) is 3.21. The van der Waals surface area contributed by atoms with E-state index < -0.39 is 6.10 Å². The molecule has 1 aromatic heterocycles. The Bertz CT molecular complexity index is 705. The van der Waals surface area contributed by atoms with Crippen LogP contribution in [0.4, 0.5) is 0 Å². The van der Waals surface area contributed by atoms with Gasteiger partial charge in [0.25, 0.3) is 0 Å². The van der Waals surface area contributed by atoms with E-state index in [0.29, 0.717) is 19.5 Å². The molecule has 2 aliphatic rings. The number of likely N-dealkylation sites (tertiary alicyclic amines) is 2. The summed E-state index contributed by atoms with van der Waals surface area (Å²) >= 11 is 0. The van der Waals surface area contributed by atoms with E-state index in [1.165, 1.54) is 12.8 Å². The predicted molar refractivity (Wildman–Crippen MR) is 89.2 cm³/mol. The number of β-amino-alcohol motifs (C(OH)–C–C–N with tert-alkyl or cyclic N) is 1. The van der Waals surface area contributed by atoms with Gasteiger partial charge >= 0.3 is 0 Å². The molecule has 2 N–H and O–H groups in total. The quantitative estimate of drug-likeness (QED) is 0.900. The number of hydrogen-bond acceptors (Lipinski definition) is 3. The van der Waals surface area contributed by atoms with Crippen LogP contribution in [0.3, 0.4) is 0 Å². The molecule has 2 saturated heterocycles. The average molecular weight is 313 g/mol. The summed E-state index contributed by atoms with van der Waals surface area (Å²) in [7, 11) is 0. The van der Waals surface area contributed by atoms with Gasteiger partial charge in [-0.3, -0.25) is 9.69 Å². The third-order valence-corrected chi connectivity index (χ3v) is 5.24. The molecule has 1 amide bonds. The molecule has 122 valence electrons. The maximum absolute atomic E-state index is 12.6. The summed E-state index contributed by atoms with van der Waals surface area (Å²) in [6.07, 6.45) is 4.30. The second-order valence-electron chi connectivity index (χ2n) is 6.71. The molecule has 1 aromatic carbocycles. The van der Waals surface area contributed by atoms with E-state index in [4.69, 9.17) is 0 Å². The zero-order valence-corrected chi connectivity index (χ0v) is 13.2. The fraction of sp³-hybridized carbons (Fsp3) is 0.500. The van der Waals surface area contributed by atoms with Crippen LogP contribution in [0, 0.1) is 0 Å². The van der Waals surface area contributed by atoms with Gasteiger partial charge in [-0.15, -0.1) is 0 Å². The largest absolute Gasteiger partial charge is 0.390 e. The highest BCUT2D eigenvalue weighted by molar-refractivity contribution is 5.89. The summed E-state index contributed by atoms with van der Waals surface area (Å²) in [5.41, 5.74) is 2.09. The van der Waals surface area contributed by atoms with Gasteiger partial charge in [0.15, 0.2) is 0 Å². The number of aliphatic hydroxyl groups excluding tert-OH is 1. The van der Waals surface area contributed by atoms with Crippen molar-refractivity contribution in [2.45, 2.75) is 31.4 Å². The van der Waals surface area contributed by atoms with Crippen LogP contribution in [0.1, 0.15) is 18.4 Å². The van der Waals surface area contributed by atoms with Crippen LogP contribution < -0.4 is 0 Å². The van der Waals surface area contributed by atoms with Gasteiger partial charge in [-0.05, 0) is 37.6 Å². The molecule has 2 aliphatic heterocycles. The lowest BCUT2D eigenvalue weighted by atomic mass is 10.1. The van der Waals surface area contributed by atoms with Gasteiger partial charge in [-0.1, -0.05) is 18.2 Å². The van der Waals surface area contributed by atoms with Gasteiger partial charge < -0.3 is 15.0 Å². The zero-order chi connectivity index (χ0) is 15.8. The fourth-order valence-corrected chi connectivity index (χ4v) is 3.96. The molecule has 0 bridgehead atoms. The molecule has 5 heteroatoms.